The average molecular weight is 463 g/mol. The Morgan fingerprint density at radius 1 is 0.800 bits per heavy atom. The maximum atomic E-state index is 12.6. The van der Waals surface area contributed by atoms with Crippen LogP contribution in [0.15, 0.2) is 71.6 Å². The van der Waals surface area contributed by atoms with Crippen molar-refractivity contribution in [2.24, 2.45) is 0 Å². The van der Waals surface area contributed by atoms with Gasteiger partial charge in [0.15, 0.2) is 5.78 Å². The van der Waals surface area contributed by atoms with Gasteiger partial charge in [-0.05, 0) is 55.5 Å². The molecule has 3 aromatic carbocycles. The number of nitrogens with one attached hydrogen (secondary N) is 2. The number of carbonyl (C=O) groups excluding carboxylic acids is 2. The van der Waals surface area contributed by atoms with E-state index in [4.69, 9.17) is 23.2 Å². The minimum Gasteiger partial charge on any atom is -0.322 e. The van der Waals surface area contributed by atoms with E-state index < -0.39 is 15.9 Å². The van der Waals surface area contributed by atoms with E-state index in [0.29, 0.717) is 11.3 Å². The van der Waals surface area contributed by atoms with Gasteiger partial charge < -0.3 is 5.32 Å². The zero-order valence-electron chi connectivity index (χ0n) is 15.6. The quantitative estimate of drug-likeness (QED) is 0.489. The molecule has 0 aromatic heterocycles. The standard InChI is InChI=1S/C21H16Cl2N2O4S/c1-13(26)14-4-2-6-16(10-14)24-21(27)15-5-3-7-17(11-15)25-30(28,29)18-8-9-19(22)20(23)12-18/h2-12,25H,1H3,(H,24,27). The third kappa shape index (κ3) is 5.18. The molecular formula is C21H16Cl2N2O4S. The largest absolute Gasteiger partial charge is 0.322 e. The van der Waals surface area contributed by atoms with Crippen molar-refractivity contribution in [3.05, 3.63) is 87.9 Å². The first-order chi connectivity index (χ1) is 14.2. The predicted octanol–water partition coefficient (Wildman–Crippen LogP) is 5.25. The Bertz CT molecular complexity index is 1240. The zero-order chi connectivity index (χ0) is 21.9. The number of hydrogen-bond donors (Lipinski definition) is 2. The van der Waals surface area contributed by atoms with Crippen LogP contribution in [0.3, 0.4) is 0 Å². The van der Waals surface area contributed by atoms with Crippen LogP contribution >= 0.6 is 23.2 Å². The molecular weight excluding hydrogens is 447 g/mol. The molecule has 0 aliphatic heterocycles. The van der Waals surface area contributed by atoms with Crippen molar-refractivity contribution in [3.63, 3.8) is 0 Å². The number of ketones is 1. The lowest BCUT2D eigenvalue weighted by molar-refractivity contribution is 0.101. The van der Waals surface area contributed by atoms with Gasteiger partial charge in [0.1, 0.15) is 0 Å². The van der Waals surface area contributed by atoms with E-state index >= 15 is 0 Å². The van der Waals surface area contributed by atoms with Crippen molar-refractivity contribution >= 4 is 56.3 Å². The van der Waals surface area contributed by atoms with E-state index in [2.05, 4.69) is 10.0 Å². The molecule has 6 nitrogen and oxygen atoms in total. The van der Waals surface area contributed by atoms with Crippen LogP contribution in [0.2, 0.25) is 10.0 Å². The van der Waals surface area contributed by atoms with Gasteiger partial charge in [-0.2, -0.15) is 0 Å². The fourth-order valence-corrected chi connectivity index (χ4v) is 4.04. The number of benzene rings is 3. The molecule has 0 saturated heterocycles. The third-order valence-corrected chi connectivity index (χ3v) is 6.22. The molecule has 0 bridgehead atoms. The highest BCUT2D eigenvalue weighted by molar-refractivity contribution is 7.92. The average Bonchev–Trinajstić information content (AvgIpc) is 2.70. The Labute approximate surface area is 183 Å². The molecule has 3 aromatic rings. The van der Waals surface area contributed by atoms with E-state index in [1.54, 1.807) is 36.4 Å². The Balaban J connectivity index is 1.80. The summed E-state index contributed by atoms with van der Waals surface area (Å²) in [5.41, 5.74) is 1.36. The number of hydrogen-bond acceptors (Lipinski definition) is 4. The normalized spacial score (nSPS) is 11.0. The van der Waals surface area contributed by atoms with Crippen molar-refractivity contribution in [1.29, 1.82) is 0 Å². The first kappa shape index (κ1) is 21.8. The number of Topliss-reactive ketones (excluding diaryl/α,β-unsaturated/α-hetero) is 1. The summed E-state index contributed by atoms with van der Waals surface area (Å²) in [6, 6.07) is 16.5. The molecule has 0 radical (unpaired) electrons. The zero-order valence-corrected chi connectivity index (χ0v) is 18.0. The molecule has 0 atom stereocenters. The highest BCUT2D eigenvalue weighted by Gasteiger charge is 2.17. The van der Waals surface area contributed by atoms with Crippen LogP contribution in [-0.2, 0) is 10.0 Å². The number of carbonyl (C=O) groups is 2. The van der Waals surface area contributed by atoms with E-state index in [0.717, 1.165) is 0 Å². The maximum Gasteiger partial charge on any atom is 0.261 e. The summed E-state index contributed by atoms with van der Waals surface area (Å²) in [5, 5.41) is 3.04. The number of anilines is 2. The number of sulfonamides is 1. The molecule has 0 aliphatic carbocycles. The summed E-state index contributed by atoms with van der Waals surface area (Å²) in [4.78, 5) is 24.0. The first-order valence-corrected chi connectivity index (χ1v) is 10.9. The van der Waals surface area contributed by atoms with Crippen LogP contribution in [0.25, 0.3) is 0 Å². The van der Waals surface area contributed by atoms with Gasteiger partial charge in [-0.3, -0.25) is 14.3 Å². The van der Waals surface area contributed by atoms with Gasteiger partial charge in [-0.15, -0.1) is 0 Å². The maximum absolute atomic E-state index is 12.6. The lowest BCUT2D eigenvalue weighted by Gasteiger charge is -2.11. The minimum absolute atomic E-state index is 0.0622. The van der Waals surface area contributed by atoms with Gasteiger partial charge >= 0.3 is 0 Å². The van der Waals surface area contributed by atoms with Gasteiger partial charge in [0.05, 0.1) is 14.9 Å². The monoisotopic (exact) mass is 462 g/mol. The van der Waals surface area contributed by atoms with Crippen LogP contribution < -0.4 is 10.0 Å². The molecule has 9 heteroatoms. The number of amides is 1. The summed E-state index contributed by atoms with van der Waals surface area (Å²) in [6.07, 6.45) is 0. The minimum atomic E-state index is -3.93. The second kappa shape index (κ2) is 8.87. The van der Waals surface area contributed by atoms with E-state index in [9.17, 15) is 18.0 Å². The summed E-state index contributed by atoms with van der Waals surface area (Å²) >= 11 is 11.7. The van der Waals surface area contributed by atoms with Gasteiger partial charge in [0.25, 0.3) is 15.9 Å². The summed E-state index contributed by atoms with van der Waals surface area (Å²) in [5.74, 6) is -0.573. The Hall–Kier alpha value is -2.87. The molecule has 0 unspecified atom stereocenters. The van der Waals surface area contributed by atoms with Gasteiger partial charge in [-0.1, -0.05) is 41.4 Å². The Morgan fingerprint density at radius 2 is 1.43 bits per heavy atom. The van der Waals surface area contributed by atoms with Crippen molar-refractivity contribution in [3.8, 4) is 0 Å². The predicted molar refractivity (Wildman–Crippen MR) is 118 cm³/mol. The molecule has 30 heavy (non-hydrogen) atoms. The van der Waals surface area contributed by atoms with Crippen molar-refractivity contribution in [1.82, 2.24) is 0 Å². The highest BCUT2D eigenvalue weighted by Crippen LogP contribution is 2.26. The molecule has 154 valence electrons. The molecule has 0 saturated carbocycles. The van der Waals surface area contributed by atoms with Crippen LogP contribution in [0.1, 0.15) is 27.6 Å². The summed E-state index contributed by atoms with van der Waals surface area (Å²) in [6.45, 7) is 1.43. The van der Waals surface area contributed by atoms with E-state index in [1.807, 2.05) is 0 Å². The third-order valence-electron chi connectivity index (χ3n) is 4.11. The summed E-state index contributed by atoms with van der Waals surface area (Å²) in [7, 11) is -3.93. The van der Waals surface area contributed by atoms with Crippen molar-refractivity contribution < 1.29 is 18.0 Å². The smallest absolute Gasteiger partial charge is 0.261 e. The van der Waals surface area contributed by atoms with Crippen LogP contribution in [0.4, 0.5) is 11.4 Å². The summed E-state index contributed by atoms with van der Waals surface area (Å²) < 4.78 is 27.6. The van der Waals surface area contributed by atoms with Crippen LogP contribution in [-0.4, -0.2) is 20.1 Å². The van der Waals surface area contributed by atoms with E-state index in [-0.39, 0.29) is 32.0 Å². The fraction of sp³-hybridized carbons (Fsp3) is 0.0476. The van der Waals surface area contributed by atoms with Gasteiger partial charge in [-0.25, -0.2) is 8.42 Å². The van der Waals surface area contributed by atoms with Crippen LogP contribution in [0, 0.1) is 0 Å². The molecule has 3 rings (SSSR count). The van der Waals surface area contributed by atoms with Crippen molar-refractivity contribution in [2.45, 2.75) is 11.8 Å². The fourth-order valence-electron chi connectivity index (χ4n) is 2.60. The Morgan fingerprint density at radius 3 is 2.10 bits per heavy atom. The second-order valence-electron chi connectivity index (χ2n) is 6.35. The van der Waals surface area contributed by atoms with Gasteiger partial charge in [0, 0.05) is 22.5 Å². The molecule has 0 aliphatic rings. The SMILES string of the molecule is CC(=O)c1cccc(NC(=O)c2cccc(NS(=O)(=O)c3ccc(Cl)c(Cl)c3)c2)c1. The Kier molecular flexibility index (Phi) is 6.45. The van der Waals surface area contributed by atoms with Crippen molar-refractivity contribution in [2.75, 3.05) is 10.0 Å². The highest BCUT2D eigenvalue weighted by atomic mass is 35.5. The molecule has 2 N–H and O–H groups in total. The topological polar surface area (TPSA) is 92.3 Å². The second-order valence-corrected chi connectivity index (χ2v) is 8.85. The molecule has 0 spiro atoms. The molecule has 1 amide bonds. The lowest BCUT2D eigenvalue weighted by atomic mass is 10.1. The molecule has 0 fully saturated rings. The number of halogens is 2. The van der Waals surface area contributed by atoms with Crippen LogP contribution in [0.5, 0.6) is 0 Å². The first-order valence-electron chi connectivity index (χ1n) is 8.66. The van der Waals surface area contributed by atoms with E-state index in [1.165, 1.54) is 37.3 Å². The lowest BCUT2D eigenvalue weighted by Crippen LogP contribution is -2.15. The number of rotatable bonds is 6. The molecule has 0 heterocycles. The van der Waals surface area contributed by atoms with Gasteiger partial charge in [0.2, 0.25) is 0 Å².